The highest BCUT2D eigenvalue weighted by atomic mass is 32.2. The van der Waals surface area contributed by atoms with E-state index in [-0.39, 0.29) is 10.8 Å². The smallest absolute Gasteiger partial charge is 0.253 e. The van der Waals surface area contributed by atoms with Gasteiger partial charge in [0.15, 0.2) is 0 Å². The summed E-state index contributed by atoms with van der Waals surface area (Å²) in [4.78, 5) is 19.5. The molecule has 4 rings (SSSR count). The van der Waals surface area contributed by atoms with Crippen LogP contribution in [-0.2, 0) is 10.0 Å². The molecule has 0 atom stereocenters. The molecule has 2 aliphatic heterocycles. The van der Waals surface area contributed by atoms with Crippen LogP contribution < -0.4 is 0 Å². The monoisotopic (exact) mass is 468 g/mol. The number of piperazine rings is 2. The second-order valence-electron chi connectivity index (χ2n) is 8.64. The zero-order chi connectivity index (χ0) is 23.3. The molecule has 0 radical (unpaired) electrons. The van der Waals surface area contributed by atoms with Gasteiger partial charge in [0.25, 0.3) is 5.91 Å². The standard InChI is InChI=1S/C25H32N4O3S/c1-26-13-19-29(20-14-26)33(31,32)24-11-5-10-23(21-24)25(30)28-17-15-27(16-18-28)12-6-9-22-7-3-2-4-8-22/h2-11,21H,12-20H2,1H3. The van der Waals surface area contributed by atoms with Gasteiger partial charge < -0.3 is 9.80 Å². The number of likely N-dealkylation sites (N-methyl/N-ethyl adjacent to an activating group) is 1. The van der Waals surface area contributed by atoms with Gasteiger partial charge >= 0.3 is 0 Å². The maximum atomic E-state index is 13.1. The van der Waals surface area contributed by atoms with Gasteiger partial charge in [0.2, 0.25) is 10.0 Å². The molecule has 8 heteroatoms. The third kappa shape index (κ3) is 5.89. The Kier molecular flexibility index (Phi) is 7.60. The SMILES string of the molecule is CN1CCN(S(=O)(=O)c2cccc(C(=O)N3CCN(CC=Cc4ccccc4)CC3)c2)CC1. The lowest BCUT2D eigenvalue weighted by molar-refractivity contribution is 0.0650. The van der Waals surface area contributed by atoms with Crippen LogP contribution in [0.5, 0.6) is 0 Å². The molecule has 33 heavy (non-hydrogen) atoms. The topological polar surface area (TPSA) is 64.2 Å². The summed E-state index contributed by atoms with van der Waals surface area (Å²) < 4.78 is 27.6. The number of nitrogens with zero attached hydrogens (tertiary/aromatic N) is 4. The minimum atomic E-state index is -3.59. The van der Waals surface area contributed by atoms with E-state index >= 15 is 0 Å². The molecule has 2 aromatic rings. The predicted octanol–water partition coefficient (Wildman–Crippen LogP) is 2.09. The summed E-state index contributed by atoms with van der Waals surface area (Å²) in [7, 11) is -1.61. The average molecular weight is 469 g/mol. The molecular weight excluding hydrogens is 436 g/mol. The molecular formula is C25H32N4O3S. The second-order valence-corrected chi connectivity index (χ2v) is 10.6. The summed E-state index contributed by atoms with van der Waals surface area (Å²) in [5.41, 5.74) is 1.61. The van der Waals surface area contributed by atoms with Crippen molar-refractivity contribution < 1.29 is 13.2 Å². The van der Waals surface area contributed by atoms with Crippen molar-refractivity contribution >= 4 is 22.0 Å². The highest BCUT2D eigenvalue weighted by Crippen LogP contribution is 2.20. The molecule has 0 saturated carbocycles. The van der Waals surface area contributed by atoms with Crippen molar-refractivity contribution in [3.05, 3.63) is 71.8 Å². The Bertz CT molecular complexity index is 1070. The lowest BCUT2D eigenvalue weighted by Crippen LogP contribution is -2.48. The van der Waals surface area contributed by atoms with Crippen LogP contribution in [0.2, 0.25) is 0 Å². The van der Waals surface area contributed by atoms with Crippen molar-refractivity contribution in [3.8, 4) is 0 Å². The predicted molar refractivity (Wildman–Crippen MR) is 131 cm³/mol. The first-order valence-corrected chi connectivity index (χ1v) is 12.9. The molecule has 2 fully saturated rings. The van der Waals surface area contributed by atoms with Crippen molar-refractivity contribution in [2.45, 2.75) is 4.90 Å². The Hall–Kier alpha value is -2.52. The lowest BCUT2D eigenvalue weighted by atomic mass is 10.1. The maximum Gasteiger partial charge on any atom is 0.253 e. The normalized spacial score (nSPS) is 19.2. The third-order valence-corrected chi connectivity index (χ3v) is 8.21. The molecule has 0 aromatic heterocycles. The quantitative estimate of drug-likeness (QED) is 0.650. The molecule has 176 valence electrons. The van der Waals surface area contributed by atoms with Gasteiger partial charge in [0.1, 0.15) is 0 Å². The molecule has 0 unspecified atom stereocenters. The first-order chi connectivity index (χ1) is 15.9. The van der Waals surface area contributed by atoms with Crippen LogP contribution in [-0.4, -0.2) is 99.3 Å². The fourth-order valence-electron chi connectivity index (χ4n) is 4.19. The number of hydrogen-bond donors (Lipinski definition) is 0. The third-order valence-electron chi connectivity index (χ3n) is 6.31. The van der Waals surface area contributed by atoms with E-state index in [9.17, 15) is 13.2 Å². The largest absolute Gasteiger partial charge is 0.336 e. The zero-order valence-corrected chi connectivity index (χ0v) is 20.0. The number of hydrogen-bond acceptors (Lipinski definition) is 5. The number of benzene rings is 2. The van der Waals surface area contributed by atoms with E-state index in [1.54, 1.807) is 18.2 Å². The molecule has 2 saturated heterocycles. The van der Waals surface area contributed by atoms with Crippen LogP contribution >= 0.6 is 0 Å². The summed E-state index contributed by atoms with van der Waals surface area (Å²) in [5.74, 6) is -0.107. The van der Waals surface area contributed by atoms with Crippen LogP contribution in [0.1, 0.15) is 15.9 Å². The van der Waals surface area contributed by atoms with Crippen molar-refractivity contribution in [1.82, 2.24) is 19.0 Å². The highest BCUT2D eigenvalue weighted by Gasteiger charge is 2.29. The number of carbonyl (C=O) groups is 1. The Balaban J connectivity index is 1.34. The van der Waals surface area contributed by atoms with Gasteiger partial charge in [-0.1, -0.05) is 48.6 Å². The van der Waals surface area contributed by atoms with E-state index in [0.29, 0.717) is 44.8 Å². The molecule has 0 aliphatic carbocycles. The molecule has 0 spiro atoms. The number of amides is 1. The number of rotatable bonds is 6. The fourth-order valence-corrected chi connectivity index (χ4v) is 5.65. The van der Waals surface area contributed by atoms with Crippen LogP contribution in [0.25, 0.3) is 6.08 Å². The summed E-state index contributed by atoms with van der Waals surface area (Å²) >= 11 is 0. The van der Waals surface area contributed by atoms with Crippen molar-refractivity contribution in [2.75, 3.05) is 66.0 Å². The van der Waals surface area contributed by atoms with E-state index < -0.39 is 10.0 Å². The van der Waals surface area contributed by atoms with Crippen LogP contribution in [0.4, 0.5) is 0 Å². The van der Waals surface area contributed by atoms with Gasteiger partial charge in [0.05, 0.1) is 4.90 Å². The zero-order valence-electron chi connectivity index (χ0n) is 19.1. The Morgan fingerprint density at radius 3 is 2.27 bits per heavy atom. The Morgan fingerprint density at radius 1 is 0.879 bits per heavy atom. The van der Waals surface area contributed by atoms with E-state index in [0.717, 1.165) is 19.6 Å². The van der Waals surface area contributed by atoms with E-state index in [1.807, 2.05) is 30.1 Å². The van der Waals surface area contributed by atoms with Crippen LogP contribution in [0.3, 0.4) is 0 Å². The number of carbonyl (C=O) groups excluding carboxylic acids is 1. The lowest BCUT2D eigenvalue weighted by Gasteiger charge is -2.34. The van der Waals surface area contributed by atoms with Crippen molar-refractivity contribution in [3.63, 3.8) is 0 Å². The molecule has 7 nitrogen and oxygen atoms in total. The van der Waals surface area contributed by atoms with Crippen LogP contribution in [0.15, 0.2) is 65.6 Å². The van der Waals surface area contributed by atoms with E-state index in [1.165, 1.54) is 15.9 Å². The van der Waals surface area contributed by atoms with Gasteiger partial charge in [-0.15, -0.1) is 0 Å². The summed E-state index contributed by atoms with van der Waals surface area (Å²) in [6.07, 6.45) is 4.27. The first kappa shape index (κ1) is 23.6. The highest BCUT2D eigenvalue weighted by molar-refractivity contribution is 7.89. The minimum absolute atomic E-state index is 0.107. The maximum absolute atomic E-state index is 13.1. The molecule has 2 aromatic carbocycles. The Labute approximate surface area is 196 Å². The van der Waals surface area contributed by atoms with E-state index in [4.69, 9.17) is 0 Å². The van der Waals surface area contributed by atoms with Crippen LogP contribution in [0, 0.1) is 0 Å². The second kappa shape index (κ2) is 10.6. The van der Waals surface area contributed by atoms with Gasteiger partial charge in [-0.25, -0.2) is 8.42 Å². The molecule has 0 bridgehead atoms. The van der Waals surface area contributed by atoms with Gasteiger partial charge in [-0.2, -0.15) is 4.31 Å². The minimum Gasteiger partial charge on any atom is -0.336 e. The number of sulfonamides is 1. The van der Waals surface area contributed by atoms with Gasteiger partial charge in [-0.3, -0.25) is 9.69 Å². The van der Waals surface area contributed by atoms with Crippen molar-refractivity contribution in [2.24, 2.45) is 0 Å². The fraction of sp³-hybridized carbons (Fsp3) is 0.400. The summed E-state index contributed by atoms with van der Waals surface area (Å²) in [5, 5.41) is 0. The van der Waals surface area contributed by atoms with E-state index in [2.05, 4.69) is 34.1 Å². The van der Waals surface area contributed by atoms with Crippen molar-refractivity contribution in [1.29, 1.82) is 0 Å². The average Bonchev–Trinajstić information content (AvgIpc) is 2.85. The molecule has 2 aliphatic rings. The van der Waals surface area contributed by atoms with Gasteiger partial charge in [-0.05, 0) is 30.8 Å². The first-order valence-electron chi connectivity index (χ1n) is 11.5. The molecule has 1 amide bonds. The summed E-state index contributed by atoms with van der Waals surface area (Å²) in [6.45, 7) is 6.06. The summed E-state index contributed by atoms with van der Waals surface area (Å²) in [6, 6.07) is 16.7. The molecule has 0 N–H and O–H groups in total. The molecule has 2 heterocycles. The Morgan fingerprint density at radius 2 is 1.58 bits per heavy atom. The van der Waals surface area contributed by atoms with Gasteiger partial charge in [0, 0.05) is 64.5 Å².